The van der Waals surface area contributed by atoms with E-state index in [9.17, 15) is 9.59 Å². The molecule has 0 radical (unpaired) electrons. The van der Waals surface area contributed by atoms with Crippen LogP contribution >= 0.6 is 23.1 Å². The number of benzene rings is 2. The molecule has 0 aliphatic carbocycles. The molecule has 0 spiro atoms. The van der Waals surface area contributed by atoms with E-state index in [4.69, 9.17) is 0 Å². The van der Waals surface area contributed by atoms with Gasteiger partial charge in [-0.25, -0.2) is 4.98 Å². The Hall–Kier alpha value is -2.90. The summed E-state index contributed by atoms with van der Waals surface area (Å²) in [6, 6.07) is 17.5. The summed E-state index contributed by atoms with van der Waals surface area (Å²) in [5.41, 5.74) is 3.72. The molecule has 160 valence electrons. The van der Waals surface area contributed by atoms with Gasteiger partial charge in [-0.1, -0.05) is 54.1 Å². The molecule has 1 N–H and O–H groups in total. The van der Waals surface area contributed by atoms with Gasteiger partial charge in [-0.05, 0) is 26.0 Å². The zero-order valence-corrected chi connectivity index (χ0v) is 19.2. The Balaban J connectivity index is 1.61. The standard InChI is InChI=1S/C24H25N3O2S2/c1-4-14-27(24-26-21(15-31-24)19-8-6-5-7-9-19)23(29)18(3)30-16-22(28)25-20-12-10-17(2)11-13-20/h4-13,15,18H,1,14,16H2,2-3H3,(H,25,28). The number of anilines is 2. The maximum absolute atomic E-state index is 13.1. The number of thiazole rings is 1. The van der Waals surface area contributed by atoms with Crippen molar-refractivity contribution in [2.75, 3.05) is 22.5 Å². The maximum Gasteiger partial charge on any atom is 0.241 e. The van der Waals surface area contributed by atoms with Crippen molar-refractivity contribution in [3.63, 3.8) is 0 Å². The molecule has 0 saturated carbocycles. The molecule has 2 aromatic carbocycles. The first-order valence-corrected chi connectivity index (χ1v) is 11.8. The zero-order valence-electron chi connectivity index (χ0n) is 17.6. The molecule has 0 bridgehead atoms. The van der Waals surface area contributed by atoms with Gasteiger partial charge >= 0.3 is 0 Å². The van der Waals surface area contributed by atoms with E-state index < -0.39 is 5.25 Å². The van der Waals surface area contributed by atoms with Crippen LogP contribution in [0, 0.1) is 6.92 Å². The van der Waals surface area contributed by atoms with E-state index in [2.05, 4.69) is 16.9 Å². The van der Waals surface area contributed by atoms with Gasteiger partial charge in [0.1, 0.15) is 0 Å². The second-order valence-electron chi connectivity index (χ2n) is 6.99. The van der Waals surface area contributed by atoms with E-state index >= 15 is 0 Å². The van der Waals surface area contributed by atoms with Gasteiger partial charge in [-0.3, -0.25) is 14.5 Å². The summed E-state index contributed by atoms with van der Waals surface area (Å²) in [7, 11) is 0. The first-order chi connectivity index (χ1) is 15.0. The second-order valence-corrected chi connectivity index (χ2v) is 9.15. The molecule has 0 fully saturated rings. The van der Waals surface area contributed by atoms with Crippen molar-refractivity contribution >= 4 is 45.7 Å². The fourth-order valence-corrected chi connectivity index (χ4v) is 4.44. The largest absolute Gasteiger partial charge is 0.325 e. The van der Waals surface area contributed by atoms with Crippen molar-refractivity contribution in [1.29, 1.82) is 0 Å². The van der Waals surface area contributed by atoms with Crippen molar-refractivity contribution in [2.24, 2.45) is 0 Å². The Morgan fingerprint density at radius 2 is 1.90 bits per heavy atom. The summed E-state index contributed by atoms with van der Waals surface area (Å²) in [5.74, 6) is -0.0399. The predicted molar refractivity (Wildman–Crippen MR) is 132 cm³/mol. The van der Waals surface area contributed by atoms with Crippen molar-refractivity contribution in [2.45, 2.75) is 19.1 Å². The van der Waals surface area contributed by atoms with Crippen molar-refractivity contribution < 1.29 is 9.59 Å². The van der Waals surface area contributed by atoms with Crippen molar-refractivity contribution in [1.82, 2.24) is 4.98 Å². The Morgan fingerprint density at radius 1 is 1.19 bits per heavy atom. The number of hydrogen-bond acceptors (Lipinski definition) is 5. The number of rotatable bonds is 9. The molecular formula is C24H25N3O2S2. The smallest absolute Gasteiger partial charge is 0.241 e. The molecule has 1 heterocycles. The normalized spacial score (nSPS) is 11.5. The molecule has 2 amide bonds. The molecule has 31 heavy (non-hydrogen) atoms. The highest BCUT2D eigenvalue weighted by Crippen LogP contribution is 2.29. The van der Waals surface area contributed by atoms with Gasteiger partial charge in [0.05, 0.1) is 16.7 Å². The average Bonchev–Trinajstić information content (AvgIpc) is 3.27. The van der Waals surface area contributed by atoms with Crippen LogP contribution in [0.1, 0.15) is 12.5 Å². The number of thioether (sulfide) groups is 1. The van der Waals surface area contributed by atoms with Gasteiger partial charge in [0.15, 0.2) is 5.13 Å². The second kappa shape index (κ2) is 10.9. The minimum atomic E-state index is -0.396. The highest BCUT2D eigenvalue weighted by atomic mass is 32.2. The number of aromatic nitrogens is 1. The first kappa shape index (κ1) is 22.8. The van der Waals surface area contributed by atoms with Crippen LogP contribution in [0.25, 0.3) is 11.3 Å². The van der Waals surface area contributed by atoms with Crippen LogP contribution in [0.5, 0.6) is 0 Å². The zero-order chi connectivity index (χ0) is 22.2. The summed E-state index contributed by atoms with van der Waals surface area (Å²) in [6.45, 7) is 7.94. The van der Waals surface area contributed by atoms with E-state index in [0.29, 0.717) is 11.7 Å². The van der Waals surface area contributed by atoms with Crippen LogP contribution in [0.15, 0.2) is 72.6 Å². The average molecular weight is 452 g/mol. The van der Waals surface area contributed by atoms with Gasteiger partial charge in [-0.2, -0.15) is 0 Å². The molecule has 3 aromatic rings. The topological polar surface area (TPSA) is 62.3 Å². The van der Waals surface area contributed by atoms with Gasteiger partial charge in [0.25, 0.3) is 0 Å². The van der Waals surface area contributed by atoms with E-state index in [-0.39, 0.29) is 17.6 Å². The molecule has 1 unspecified atom stereocenters. The lowest BCUT2D eigenvalue weighted by Crippen LogP contribution is -2.37. The van der Waals surface area contributed by atoms with Crippen LogP contribution in [0.3, 0.4) is 0 Å². The lowest BCUT2D eigenvalue weighted by molar-refractivity contribution is -0.117. The van der Waals surface area contributed by atoms with Crippen LogP contribution in [-0.4, -0.2) is 34.3 Å². The lowest BCUT2D eigenvalue weighted by Gasteiger charge is -2.21. The molecule has 3 rings (SSSR count). The van der Waals surface area contributed by atoms with Crippen LogP contribution in [-0.2, 0) is 9.59 Å². The Kier molecular flexibility index (Phi) is 8.03. The monoisotopic (exact) mass is 451 g/mol. The number of amides is 2. The summed E-state index contributed by atoms with van der Waals surface area (Å²) >= 11 is 2.73. The van der Waals surface area contributed by atoms with E-state index in [1.54, 1.807) is 11.0 Å². The van der Waals surface area contributed by atoms with Gasteiger partial charge < -0.3 is 5.32 Å². The fraction of sp³-hybridized carbons (Fsp3) is 0.208. The highest BCUT2D eigenvalue weighted by Gasteiger charge is 2.24. The van der Waals surface area contributed by atoms with E-state index in [1.807, 2.05) is 73.8 Å². The van der Waals surface area contributed by atoms with Crippen LogP contribution in [0.4, 0.5) is 10.8 Å². The number of aryl methyl sites for hydroxylation is 1. The van der Waals surface area contributed by atoms with Gasteiger partial charge in [-0.15, -0.1) is 29.7 Å². The van der Waals surface area contributed by atoms with Gasteiger partial charge in [0, 0.05) is 23.2 Å². The molecule has 5 nitrogen and oxygen atoms in total. The minimum absolute atomic E-state index is 0.0954. The minimum Gasteiger partial charge on any atom is -0.325 e. The van der Waals surface area contributed by atoms with Crippen molar-refractivity contribution in [3.8, 4) is 11.3 Å². The molecular weight excluding hydrogens is 426 g/mol. The third kappa shape index (κ3) is 6.29. The van der Waals surface area contributed by atoms with Crippen LogP contribution < -0.4 is 10.2 Å². The number of carbonyl (C=O) groups excluding carboxylic acids is 2. The molecule has 7 heteroatoms. The number of nitrogens with zero attached hydrogens (tertiary/aromatic N) is 2. The number of carbonyl (C=O) groups is 2. The summed E-state index contributed by atoms with van der Waals surface area (Å²) < 4.78 is 0. The summed E-state index contributed by atoms with van der Waals surface area (Å²) in [4.78, 5) is 31.6. The van der Waals surface area contributed by atoms with E-state index in [1.165, 1.54) is 23.1 Å². The molecule has 1 aromatic heterocycles. The number of hydrogen-bond donors (Lipinski definition) is 1. The Bertz CT molecular complexity index is 1030. The Morgan fingerprint density at radius 3 is 2.58 bits per heavy atom. The fourth-order valence-electron chi connectivity index (χ4n) is 2.85. The van der Waals surface area contributed by atoms with E-state index in [0.717, 1.165) is 22.5 Å². The third-order valence-electron chi connectivity index (χ3n) is 4.52. The SMILES string of the molecule is C=CCN(C(=O)C(C)SCC(=O)Nc1ccc(C)cc1)c1nc(-c2ccccc2)cs1. The third-order valence-corrected chi connectivity index (χ3v) is 6.51. The Labute approximate surface area is 191 Å². The predicted octanol–water partition coefficient (Wildman–Crippen LogP) is 5.40. The number of nitrogens with one attached hydrogen (secondary N) is 1. The van der Waals surface area contributed by atoms with Crippen molar-refractivity contribution in [3.05, 3.63) is 78.2 Å². The van der Waals surface area contributed by atoms with Crippen LogP contribution in [0.2, 0.25) is 0 Å². The molecule has 1 atom stereocenters. The summed E-state index contributed by atoms with van der Waals surface area (Å²) in [5, 5.41) is 5.03. The quantitative estimate of drug-likeness (QED) is 0.443. The molecule has 0 saturated heterocycles. The molecule has 0 aliphatic rings. The summed E-state index contributed by atoms with van der Waals surface area (Å²) in [6.07, 6.45) is 1.68. The molecule has 0 aliphatic heterocycles. The maximum atomic E-state index is 13.1. The van der Waals surface area contributed by atoms with Gasteiger partial charge in [0.2, 0.25) is 11.8 Å². The highest BCUT2D eigenvalue weighted by molar-refractivity contribution is 8.01. The first-order valence-electron chi connectivity index (χ1n) is 9.89. The lowest BCUT2D eigenvalue weighted by atomic mass is 10.2.